The van der Waals surface area contributed by atoms with Crippen molar-refractivity contribution < 1.29 is 0 Å². The second kappa shape index (κ2) is 13.7. The largest absolute Gasteiger partial charge is 0.306 e. The molecule has 2 aliphatic heterocycles. The van der Waals surface area contributed by atoms with Gasteiger partial charge in [0, 0.05) is 37.6 Å². The molecule has 10 aromatic rings. The Kier molecular flexibility index (Phi) is 8.08. The third-order valence-corrected chi connectivity index (χ3v) is 13.3. The lowest BCUT2D eigenvalue weighted by molar-refractivity contribution is 1.09. The summed E-state index contributed by atoms with van der Waals surface area (Å²) in [6.45, 7) is 0. The number of nitrogens with zero attached hydrogens (tertiary/aromatic N) is 3. The van der Waals surface area contributed by atoms with Gasteiger partial charge in [0.1, 0.15) is 0 Å². The van der Waals surface area contributed by atoms with Crippen molar-refractivity contribution in [2.45, 2.75) is 26.0 Å². The fourth-order valence-electron chi connectivity index (χ4n) is 8.19. The van der Waals surface area contributed by atoms with Crippen LogP contribution in [0, 0.1) is 0 Å². The molecule has 0 aliphatic carbocycles. The van der Waals surface area contributed by atoms with Gasteiger partial charge >= 0.3 is 0 Å². The van der Waals surface area contributed by atoms with Crippen LogP contribution in [0.4, 0.5) is 17.1 Å². The SMILES string of the molecule is c1ccc(-c2ccc(N3c4ccc5ccccc5c4Sc4ccc5ccccc5c43)cn2)nc1.c1ccc2c3c(ccc2c1)Sc1c(ccc2ccccc12)C3. The van der Waals surface area contributed by atoms with Crippen LogP contribution in [0.25, 0.3) is 54.5 Å². The van der Waals surface area contributed by atoms with Crippen molar-refractivity contribution >= 4 is 83.7 Å². The molecule has 264 valence electrons. The standard InChI is InChI=1S/C30H19N3S.C21H14S/c1-3-9-23-20(7-1)13-17-28-29(23)33(22-14-15-26(32-19-22)25-11-5-6-18-31-25)27-16-12-21-8-2-4-10-24(21)30(27)34-28;1-3-7-17-14(5-1)11-12-20-19(17)13-16-10-9-15-6-2-4-8-18(15)21(16)22-20/h1-19H;1-12H,13H2. The summed E-state index contributed by atoms with van der Waals surface area (Å²) in [6, 6.07) is 62.7. The van der Waals surface area contributed by atoms with E-state index in [4.69, 9.17) is 4.98 Å². The minimum Gasteiger partial charge on any atom is -0.306 e. The number of rotatable bonds is 2. The molecule has 0 atom stereocenters. The zero-order valence-corrected chi connectivity index (χ0v) is 31.9. The van der Waals surface area contributed by atoms with Gasteiger partial charge in [-0.15, -0.1) is 0 Å². The first-order chi connectivity index (χ1) is 27.8. The molecule has 0 saturated carbocycles. The quantitative estimate of drug-likeness (QED) is 0.175. The van der Waals surface area contributed by atoms with Gasteiger partial charge in [0.25, 0.3) is 0 Å². The second-order valence-electron chi connectivity index (χ2n) is 14.1. The summed E-state index contributed by atoms with van der Waals surface area (Å²) in [4.78, 5) is 17.0. The normalized spacial score (nSPS) is 12.8. The number of hydrogen-bond donors (Lipinski definition) is 0. The van der Waals surface area contributed by atoms with E-state index in [1.165, 1.54) is 85.2 Å². The van der Waals surface area contributed by atoms with Crippen LogP contribution >= 0.6 is 23.5 Å². The second-order valence-corrected chi connectivity index (χ2v) is 16.2. The molecule has 56 heavy (non-hydrogen) atoms. The molecular formula is C51H33N3S2. The van der Waals surface area contributed by atoms with E-state index < -0.39 is 0 Å². The highest BCUT2D eigenvalue weighted by molar-refractivity contribution is 8.00. The molecule has 8 aromatic carbocycles. The fourth-order valence-corrected chi connectivity index (χ4v) is 10.6. The van der Waals surface area contributed by atoms with Gasteiger partial charge in [0.05, 0.1) is 34.6 Å². The van der Waals surface area contributed by atoms with Crippen molar-refractivity contribution in [3.63, 3.8) is 0 Å². The molecule has 5 heteroatoms. The van der Waals surface area contributed by atoms with E-state index in [1.54, 1.807) is 6.20 Å². The van der Waals surface area contributed by atoms with E-state index in [9.17, 15) is 0 Å². The maximum Gasteiger partial charge on any atom is 0.0887 e. The predicted molar refractivity (Wildman–Crippen MR) is 236 cm³/mol. The molecule has 0 saturated heterocycles. The van der Waals surface area contributed by atoms with E-state index in [-0.39, 0.29) is 0 Å². The van der Waals surface area contributed by atoms with Crippen LogP contribution in [0.1, 0.15) is 11.1 Å². The van der Waals surface area contributed by atoms with Crippen molar-refractivity contribution in [1.82, 2.24) is 9.97 Å². The minimum atomic E-state index is 0.868. The maximum absolute atomic E-state index is 4.80. The summed E-state index contributed by atoms with van der Waals surface area (Å²) < 4.78 is 0. The van der Waals surface area contributed by atoms with Crippen LogP contribution in [0.5, 0.6) is 0 Å². The first kappa shape index (κ1) is 33.0. The molecule has 3 nitrogen and oxygen atoms in total. The minimum absolute atomic E-state index is 0.868. The Morgan fingerprint density at radius 2 is 1.00 bits per heavy atom. The molecule has 0 radical (unpaired) electrons. The molecule has 0 fully saturated rings. The average molecular weight is 752 g/mol. The Balaban J connectivity index is 0.000000142. The molecular weight excluding hydrogens is 719 g/mol. The third kappa shape index (κ3) is 5.62. The number of fused-ring (bicyclic) bond motifs is 12. The van der Waals surface area contributed by atoms with Gasteiger partial charge in [-0.3, -0.25) is 9.97 Å². The molecule has 2 aromatic heterocycles. The lowest BCUT2D eigenvalue weighted by atomic mass is 9.96. The van der Waals surface area contributed by atoms with Crippen LogP contribution in [-0.2, 0) is 6.42 Å². The molecule has 0 bridgehead atoms. The van der Waals surface area contributed by atoms with Crippen molar-refractivity contribution in [2.24, 2.45) is 0 Å². The number of aromatic nitrogens is 2. The summed E-state index contributed by atoms with van der Waals surface area (Å²) in [5.41, 5.74) is 8.10. The predicted octanol–water partition coefficient (Wildman–Crippen LogP) is 14.4. The molecule has 0 unspecified atom stereocenters. The van der Waals surface area contributed by atoms with E-state index in [1.807, 2.05) is 47.9 Å². The van der Waals surface area contributed by atoms with Crippen LogP contribution in [0.15, 0.2) is 208 Å². The number of pyridine rings is 2. The van der Waals surface area contributed by atoms with Crippen LogP contribution < -0.4 is 4.90 Å². The maximum atomic E-state index is 4.80. The molecule has 2 aliphatic rings. The van der Waals surface area contributed by atoms with Gasteiger partial charge in [-0.05, 0) is 91.3 Å². The lowest BCUT2D eigenvalue weighted by Gasteiger charge is -2.34. The third-order valence-electron chi connectivity index (χ3n) is 10.9. The highest BCUT2D eigenvalue weighted by Gasteiger charge is 2.28. The smallest absolute Gasteiger partial charge is 0.0887 e. The molecule has 0 amide bonds. The van der Waals surface area contributed by atoms with Crippen molar-refractivity contribution in [1.29, 1.82) is 0 Å². The van der Waals surface area contributed by atoms with E-state index in [0.717, 1.165) is 23.5 Å². The van der Waals surface area contributed by atoms with E-state index in [0.29, 0.717) is 0 Å². The average Bonchev–Trinajstić information content (AvgIpc) is 3.28. The monoisotopic (exact) mass is 751 g/mol. The first-order valence-corrected chi connectivity index (χ1v) is 20.5. The Hall–Kier alpha value is -6.40. The Bertz CT molecular complexity index is 3040. The zero-order chi connectivity index (χ0) is 37.0. The van der Waals surface area contributed by atoms with Crippen LogP contribution in [0.2, 0.25) is 0 Å². The van der Waals surface area contributed by atoms with Gasteiger partial charge in [-0.25, -0.2) is 0 Å². The lowest BCUT2D eigenvalue weighted by Crippen LogP contribution is -2.16. The van der Waals surface area contributed by atoms with Crippen molar-refractivity contribution in [3.05, 3.63) is 199 Å². The summed E-state index contributed by atoms with van der Waals surface area (Å²) >= 11 is 3.78. The zero-order valence-electron chi connectivity index (χ0n) is 30.3. The van der Waals surface area contributed by atoms with Gasteiger partial charge in [0.15, 0.2) is 0 Å². The van der Waals surface area contributed by atoms with E-state index in [2.05, 4.69) is 168 Å². The topological polar surface area (TPSA) is 29.0 Å². The Morgan fingerprint density at radius 3 is 1.71 bits per heavy atom. The van der Waals surface area contributed by atoms with Crippen molar-refractivity contribution in [3.8, 4) is 11.4 Å². The number of hydrogen-bond acceptors (Lipinski definition) is 5. The fraction of sp³-hybridized carbons (Fsp3) is 0.0196. The number of anilines is 3. The Morgan fingerprint density at radius 1 is 0.429 bits per heavy atom. The van der Waals surface area contributed by atoms with Gasteiger partial charge in [-0.2, -0.15) is 0 Å². The Labute approximate surface area is 333 Å². The molecule has 12 rings (SSSR count). The summed E-state index contributed by atoms with van der Waals surface area (Å²) in [5.74, 6) is 0. The highest BCUT2D eigenvalue weighted by Crippen LogP contribution is 2.55. The van der Waals surface area contributed by atoms with Crippen LogP contribution in [0.3, 0.4) is 0 Å². The van der Waals surface area contributed by atoms with Gasteiger partial charge in [0.2, 0.25) is 0 Å². The highest BCUT2D eigenvalue weighted by atomic mass is 32.2. The summed E-state index contributed by atoms with van der Waals surface area (Å²) in [6.07, 6.45) is 4.80. The number of benzene rings is 8. The summed E-state index contributed by atoms with van der Waals surface area (Å²) in [5, 5.41) is 10.4. The molecule has 0 N–H and O–H groups in total. The van der Waals surface area contributed by atoms with Crippen molar-refractivity contribution in [2.75, 3.05) is 4.90 Å². The first-order valence-electron chi connectivity index (χ1n) is 18.8. The van der Waals surface area contributed by atoms with E-state index >= 15 is 0 Å². The molecule has 4 heterocycles. The van der Waals surface area contributed by atoms with Crippen LogP contribution in [-0.4, -0.2) is 9.97 Å². The van der Waals surface area contributed by atoms with Gasteiger partial charge < -0.3 is 4.90 Å². The molecule has 0 spiro atoms. The van der Waals surface area contributed by atoms with Gasteiger partial charge in [-0.1, -0.05) is 157 Å². The summed E-state index contributed by atoms with van der Waals surface area (Å²) in [7, 11) is 0.